The van der Waals surface area contributed by atoms with Crippen molar-refractivity contribution in [1.29, 1.82) is 0 Å². The molecule has 5 heteroatoms. The van der Waals surface area contributed by atoms with Crippen LogP contribution >= 0.6 is 0 Å². The molecule has 0 saturated heterocycles. The van der Waals surface area contributed by atoms with Crippen LogP contribution in [0.3, 0.4) is 0 Å². The normalized spacial score (nSPS) is 23.8. The van der Waals surface area contributed by atoms with Crippen LogP contribution in [-0.4, -0.2) is 24.9 Å². The molecule has 4 nitrogen and oxygen atoms in total. The second-order valence-corrected chi connectivity index (χ2v) is 8.85. The molecule has 0 aromatic heterocycles. The molecule has 4 rings (SSSR count). The highest BCUT2D eigenvalue weighted by Crippen LogP contribution is 2.44. The minimum atomic E-state index is -1.02. The number of methoxy groups -OCH3 is 1. The monoisotopic (exact) mass is 449 g/mol. The third-order valence-electron chi connectivity index (χ3n) is 6.79. The molecule has 3 aromatic carbocycles. The van der Waals surface area contributed by atoms with Gasteiger partial charge in [-0.25, -0.2) is 4.39 Å². The smallest absolute Gasteiger partial charge is 0.123 e. The number of benzene rings is 3. The number of hydrogen-bond acceptors (Lipinski definition) is 4. The number of ether oxygens (including phenoxy) is 2. The van der Waals surface area contributed by atoms with E-state index >= 15 is 0 Å². The van der Waals surface area contributed by atoms with E-state index < -0.39 is 5.60 Å². The van der Waals surface area contributed by atoms with Crippen molar-refractivity contribution in [2.45, 2.75) is 43.5 Å². The van der Waals surface area contributed by atoms with Crippen LogP contribution in [0.4, 0.5) is 4.39 Å². The Bertz CT molecular complexity index is 1030. The highest BCUT2D eigenvalue weighted by molar-refractivity contribution is 5.33. The van der Waals surface area contributed by atoms with Crippen molar-refractivity contribution >= 4 is 0 Å². The third-order valence-corrected chi connectivity index (χ3v) is 6.79. The van der Waals surface area contributed by atoms with E-state index in [1.807, 2.05) is 42.5 Å². The fraction of sp³-hybridized carbons (Fsp3) is 0.357. The first kappa shape index (κ1) is 23.4. The van der Waals surface area contributed by atoms with Gasteiger partial charge in [-0.2, -0.15) is 0 Å². The van der Waals surface area contributed by atoms with E-state index in [1.54, 1.807) is 19.2 Å². The lowest BCUT2D eigenvalue weighted by atomic mass is 9.70. The van der Waals surface area contributed by atoms with E-state index in [4.69, 9.17) is 15.2 Å². The molecule has 1 saturated carbocycles. The lowest BCUT2D eigenvalue weighted by molar-refractivity contribution is -0.117. The van der Waals surface area contributed by atoms with Gasteiger partial charge >= 0.3 is 0 Å². The third kappa shape index (κ3) is 5.44. The Balaban J connectivity index is 1.53. The molecular formula is C28H32FNO3. The van der Waals surface area contributed by atoms with Crippen LogP contribution < -0.4 is 10.5 Å². The number of halogens is 1. The van der Waals surface area contributed by atoms with Gasteiger partial charge in [0, 0.05) is 12.3 Å². The van der Waals surface area contributed by atoms with Crippen molar-refractivity contribution in [1.82, 2.24) is 0 Å². The summed E-state index contributed by atoms with van der Waals surface area (Å²) >= 11 is 0. The topological polar surface area (TPSA) is 64.7 Å². The fourth-order valence-electron chi connectivity index (χ4n) is 4.88. The summed E-state index contributed by atoms with van der Waals surface area (Å²) in [6, 6.07) is 24.3. The van der Waals surface area contributed by atoms with E-state index in [0.717, 1.165) is 16.7 Å². The van der Waals surface area contributed by atoms with E-state index in [-0.39, 0.29) is 23.9 Å². The molecule has 3 N–H and O–H groups in total. The van der Waals surface area contributed by atoms with Crippen LogP contribution in [-0.2, 0) is 16.8 Å². The largest absolute Gasteiger partial charge is 0.497 e. The van der Waals surface area contributed by atoms with Crippen LogP contribution in [0, 0.1) is 11.7 Å². The second kappa shape index (κ2) is 10.5. The number of hydrogen-bond donors (Lipinski definition) is 2. The van der Waals surface area contributed by atoms with Crippen LogP contribution in [0.2, 0.25) is 0 Å². The summed E-state index contributed by atoms with van der Waals surface area (Å²) in [5.41, 5.74) is 8.05. The molecule has 1 aliphatic carbocycles. The molecule has 0 amide bonds. The maximum atomic E-state index is 13.5. The Kier molecular flexibility index (Phi) is 7.43. The first-order valence-corrected chi connectivity index (χ1v) is 11.5. The van der Waals surface area contributed by atoms with Crippen molar-refractivity contribution in [3.63, 3.8) is 0 Å². The zero-order chi connectivity index (χ0) is 23.3. The molecule has 0 bridgehead atoms. The lowest BCUT2D eigenvalue weighted by Gasteiger charge is -2.43. The summed E-state index contributed by atoms with van der Waals surface area (Å²) in [7, 11) is 1.62. The first-order chi connectivity index (χ1) is 16.0. The zero-order valence-corrected chi connectivity index (χ0v) is 19.0. The van der Waals surface area contributed by atoms with Crippen molar-refractivity contribution < 1.29 is 19.0 Å². The Morgan fingerprint density at radius 1 is 1.06 bits per heavy atom. The van der Waals surface area contributed by atoms with Gasteiger partial charge in [-0.1, -0.05) is 54.6 Å². The molecule has 4 atom stereocenters. The van der Waals surface area contributed by atoms with Gasteiger partial charge in [0.2, 0.25) is 0 Å². The summed E-state index contributed by atoms with van der Waals surface area (Å²) in [6.45, 7) is 0.355. The fourth-order valence-corrected chi connectivity index (χ4v) is 4.88. The van der Waals surface area contributed by atoms with Gasteiger partial charge in [-0.05, 0) is 66.8 Å². The Morgan fingerprint density at radius 2 is 1.82 bits per heavy atom. The van der Waals surface area contributed by atoms with Crippen LogP contribution in [0.15, 0.2) is 78.9 Å². The first-order valence-electron chi connectivity index (χ1n) is 11.5. The van der Waals surface area contributed by atoms with Gasteiger partial charge < -0.3 is 20.3 Å². The molecule has 3 aromatic rings. The van der Waals surface area contributed by atoms with Crippen molar-refractivity contribution in [2.24, 2.45) is 11.7 Å². The summed E-state index contributed by atoms with van der Waals surface area (Å²) in [6.07, 6.45) is 2.33. The second-order valence-electron chi connectivity index (χ2n) is 8.85. The highest BCUT2D eigenvalue weighted by atomic mass is 19.1. The number of rotatable bonds is 8. The Morgan fingerprint density at radius 3 is 2.52 bits per heavy atom. The Labute approximate surface area is 195 Å². The molecule has 0 spiro atoms. The standard InChI is InChI=1S/C28H32FNO3/c1-32-25-9-5-8-22(17-25)28(31)15-14-26(18-23(28)19-30)33-27(16-20-6-3-2-4-7-20)21-10-12-24(29)13-11-21/h2-13,17,23,26-27,31H,14-16,18-19,30H2,1H3. The lowest BCUT2D eigenvalue weighted by Crippen LogP contribution is -2.46. The number of aliphatic hydroxyl groups is 1. The molecule has 0 aliphatic heterocycles. The average molecular weight is 450 g/mol. The summed E-state index contributed by atoms with van der Waals surface area (Å²) in [5, 5.41) is 11.6. The van der Waals surface area contributed by atoms with E-state index in [0.29, 0.717) is 38.0 Å². The molecule has 0 heterocycles. The van der Waals surface area contributed by atoms with E-state index in [9.17, 15) is 9.50 Å². The average Bonchev–Trinajstić information content (AvgIpc) is 2.86. The molecule has 1 aliphatic rings. The van der Waals surface area contributed by atoms with Crippen molar-refractivity contribution in [3.05, 3.63) is 101 Å². The molecule has 4 unspecified atom stereocenters. The maximum Gasteiger partial charge on any atom is 0.123 e. The summed E-state index contributed by atoms with van der Waals surface area (Å²) in [5.74, 6) is 0.310. The number of nitrogens with two attached hydrogens (primary N) is 1. The van der Waals surface area contributed by atoms with Gasteiger partial charge in [0.05, 0.1) is 24.9 Å². The predicted molar refractivity (Wildman–Crippen MR) is 127 cm³/mol. The van der Waals surface area contributed by atoms with Gasteiger partial charge in [-0.15, -0.1) is 0 Å². The Hall–Kier alpha value is -2.73. The maximum absolute atomic E-state index is 13.5. The minimum absolute atomic E-state index is 0.0526. The summed E-state index contributed by atoms with van der Waals surface area (Å²) in [4.78, 5) is 0. The van der Waals surface area contributed by atoms with Crippen LogP contribution in [0.25, 0.3) is 0 Å². The van der Waals surface area contributed by atoms with Crippen LogP contribution in [0.5, 0.6) is 5.75 Å². The van der Waals surface area contributed by atoms with E-state index in [2.05, 4.69) is 12.1 Å². The van der Waals surface area contributed by atoms with Gasteiger partial charge in [0.1, 0.15) is 11.6 Å². The van der Waals surface area contributed by atoms with Crippen molar-refractivity contribution in [3.8, 4) is 5.75 Å². The zero-order valence-electron chi connectivity index (χ0n) is 19.0. The van der Waals surface area contributed by atoms with Gasteiger partial charge in [0.25, 0.3) is 0 Å². The molecule has 174 valence electrons. The SMILES string of the molecule is COc1cccc(C2(O)CCC(OC(Cc3ccccc3)c3ccc(F)cc3)CC2CN)c1. The quantitative estimate of drug-likeness (QED) is 0.499. The molecule has 33 heavy (non-hydrogen) atoms. The van der Waals surface area contributed by atoms with Crippen LogP contribution in [0.1, 0.15) is 42.1 Å². The molecule has 1 fully saturated rings. The highest BCUT2D eigenvalue weighted by Gasteiger charge is 2.43. The molecular weight excluding hydrogens is 417 g/mol. The van der Waals surface area contributed by atoms with Crippen molar-refractivity contribution in [2.75, 3.05) is 13.7 Å². The predicted octanol–water partition coefficient (Wildman–Crippen LogP) is 5.15. The summed E-state index contributed by atoms with van der Waals surface area (Å²) < 4.78 is 25.5. The minimum Gasteiger partial charge on any atom is -0.497 e. The van der Waals surface area contributed by atoms with Gasteiger partial charge in [0.15, 0.2) is 0 Å². The molecule has 0 radical (unpaired) electrons. The van der Waals surface area contributed by atoms with E-state index in [1.165, 1.54) is 12.1 Å². The van der Waals surface area contributed by atoms with Gasteiger partial charge in [-0.3, -0.25) is 0 Å².